The highest BCUT2D eigenvalue weighted by molar-refractivity contribution is 5.94. The van der Waals surface area contributed by atoms with E-state index in [-0.39, 0.29) is 5.78 Å². The Morgan fingerprint density at radius 2 is 2.19 bits per heavy atom. The number of aromatic nitrogens is 2. The Morgan fingerprint density at radius 3 is 2.75 bits per heavy atom. The quantitative estimate of drug-likeness (QED) is 0.787. The Labute approximate surface area is 95.8 Å². The van der Waals surface area contributed by atoms with Gasteiger partial charge in [-0.05, 0) is 37.7 Å². The summed E-state index contributed by atoms with van der Waals surface area (Å²) in [7, 11) is 1.81. The summed E-state index contributed by atoms with van der Waals surface area (Å²) >= 11 is 0. The molecule has 2 N–H and O–H groups in total. The lowest BCUT2D eigenvalue weighted by Gasteiger charge is -2.25. The monoisotopic (exact) mass is 221 g/mol. The molecule has 1 aliphatic rings. The molecule has 0 aliphatic heterocycles. The van der Waals surface area contributed by atoms with Crippen LogP contribution in [0.4, 0.5) is 0 Å². The fourth-order valence-corrected chi connectivity index (χ4v) is 2.41. The van der Waals surface area contributed by atoms with Crippen LogP contribution in [0.25, 0.3) is 0 Å². The van der Waals surface area contributed by atoms with E-state index in [1.807, 2.05) is 7.05 Å². The molecule has 0 unspecified atom stereocenters. The molecule has 0 radical (unpaired) electrons. The third kappa shape index (κ3) is 2.50. The van der Waals surface area contributed by atoms with Gasteiger partial charge < -0.3 is 5.73 Å². The third-order valence-electron chi connectivity index (χ3n) is 3.47. The van der Waals surface area contributed by atoms with Gasteiger partial charge in [0.05, 0.1) is 0 Å². The number of rotatable bonds is 3. The van der Waals surface area contributed by atoms with Crippen LogP contribution in [0.15, 0.2) is 12.3 Å². The molecule has 0 spiro atoms. The molecule has 1 aromatic rings. The van der Waals surface area contributed by atoms with Gasteiger partial charge in [0.2, 0.25) is 0 Å². The molecule has 88 valence electrons. The molecule has 0 atom stereocenters. The highest BCUT2D eigenvalue weighted by Gasteiger charge is 2.22. The first-order chi connectivity index (χ1) is 7.66. The first kappa shape index (κ1) is 11.3. The number of hydrogen-bond donors (Lipinski definition) is 1. The van der Waals surface area contributed by atoms with Crippen LogP contribution in [0.1, 0.15) is 42.6 Å². The van der Waals surface area contributed by atoms with Crippen molar-refractivity contribution in [3.05, 3.63) is 18.0 Å². The van der Waals surface area contributed by atoms with E-state index in [2.05, 4.69) is 5.10 Å². The van der Waals surface area contributed by atoms with E-state index in [1.165, 1.54) is 0 Å². The van der Waals surface area contributed by atoms with Crippen molar-refractivity contribution >= 4 is 5.78 Å². The lowest BCUT2D eigenvalue weighted by Crippen LogP contribution is -2.27. The summed E-state index contributed by atoms with van der Waals surface area (Å²) in [5, 5.41) is 4.02. The van der Waals surface area contributed by atoms with Gasteiger partial charge in [0.25, 0.3) is 0 Å². The predicted molar refractivity (Wildman–Crippen MR) is 62.1 cm³/mol. The zero-order valence-electron chi connectivity index (χ0n) is 9.72. The Hall–Kier alpha value is -1.16. The van der Waals surface area contributed by atoms with Crippen molar-refractivity contribution in [1.29, 1.82) is 0 Å². The molecule has 1 heterocycles. The lowest BCUT2D eigenvalue weighted by molar-refractivity contribution is 0.0938. The van der Waals surface area contributed by atoms with Gasteiger partial charge in [-0.15, -0.1) is 0 Å². The van der Waals surface area contributed by atoms with Crippen LogP contribution in [-0.4, -0.2) is 21.6 Å². The zero-order chi connectivity index (χ0) is 11.5. The first-order valence-electron chi connectivity index (χ1n) is 5.93. The van der Waals surface area contributed by atoms with E-state index in [0.29, 0.717) is 18.4 Å². The number of ketones is 1. The highest BCUT2D eigenvalue weighted by atomic mass is 16.1. The van der Waals surface area contributed by atoms with E-state index in [9.17, 15) is 4.79 Å². The molecular formula is C12H19N3O. The van der Waals surface area contributed by atoms with E-state index >= 15 is 0 Å². The molecule has 4 heteroatoms. The second-order valence-corrected chi connectivity index (χ2v) is 4.75. The topological polar surface area (TPSA) is 60.9 Å². The number of Topliss-reactive ketones (excluding diaryl/α,β-unsaturated/α-hetero) is 1. The molecule has 1 aromatic heterocycles. The summed E-state index contributed by atoms with van der Waals surface area (Å²) in [6, 6.07) is 2.14. The van der Waals surface area contributed by atoms with E-state index in [4.69, 9.17) is 5.73 Å². The molecule has 0 saturated heterocycles. The normalized spacial score (nSPS) is 25.6. The lowest BCUT2D eigenvalue weighted by atomic mass is 9.83. The van der Waals surface area contributed by atoms with Crippen LogP contribution in [0.5, 0.6) is 0 Å². The molecule has 1 aliphatic carbocycles. The van der Waals surface area contributed by atoms with Gasteiger partial charge >= 0.3 is 0 Å². The van der Waals surface area contributed by atoms with Crippen molar-refractivity contribution in [2.45, 2.75) is 38.1 Å². The molecule has 2 rings (SSSR count). The largest absolute Gasteiger partial charge is 0.328 e. The molecule has 4 nitrogen and oxygen atoms in total. The van der Waals surface area contributed by atoms with E-state index in [1.54, 1.807) is 16.9 Å². The third-order valence-corrected chi connectivity index (χ3v) is 3.47. The SMILES string of the molecule is Cn1nccc1C(=O)CC1CCC(N)CC1. The van der Waals surface area contributed by atoms with Crippen LogP contribution in [0.3, 0.4) is 0 Å². The molecule has 16 heavy (non-hydrogen) atoms. The Balaban J connectivity index is 1.91. The molecule has 1 fully saturated rings. The number of carbonyl (C=O) groups excluding carboxylic acids is 1. The average molecular weight is 221 g/mol. The summed E-state index contributed by atoms with van der Waals surface area (Å²) in [5.41, 5.74) is 6.56. The minimum atomic E-state index is 0.209. The molecule has 1 saturated carbocycles. The maximum atomic E-state index is 12.0. The van der Waals surface area contributed by atoms with Crippen molar-refractivity contribution in [2.24, 2.45) is 18.7 Å². The number of carbonyl (C=O) groups is 1. The van der Waals surface area contributed by atoms with Crippen LogP contribution >= 0.6 is 0 Å². The predicted octanol–water partition coefficient (Wildman–Crippen LogP) is 1.51. The Kier molecular flexibility index (Phi) is 3.39. The number of aryl methyl sites for hydroxylation is 1. The van der Waals surface area contributed by atoms with E-state index < -0.39 is 0 Å². The first-order valence-corrected chi connectivity index (χ1v) is 5.93. The minimum Gasteiger partial charge on any atom is -0.328 e. The van der Waals surface area contributed by atoms with Gasteiger partial charge in [-0.3, -0.25) is 9.48 Å². The van der Waals surface area contributed by atoms with Crippen molar-refractivity contribution in [3.8, 4) is 0 Å². The zero-order valence-corrected chi connectivity index (χ0v) is 9.72. The van der Waals surface area contributed by atoms with Gasteiger partial charge in [-0.25, -0.2) is 0 Å². The average Bonchev–Trinajstić information content (AvgIpc) is 2.68. The van der Waals surface area contributed by atoms with Gasteiger partial charge in [0, 0.05) is 25.7 Å². The summed E-state index contributed by atoms with van der Waals surface area (Å²) in [6.07, 6.45) is 6.61. The maximum Gasteiger partial charge on any atom is 0.181 e. The van der Waals surface area contributed by atoms with E-state index in [0.717, 1.165) is 31.4 Å². The Morgan fingerprint density at radius 1 is 1.50 bits per heavy atom. The summed E-state index contributed by atoms with van der Waals surface area (Å²) in [5.74, 6) is 0.725. The minimum absolute atomic E-state index is 0.209. The van der Waals surface area contributed by atoms with Crippen LogP contribution in [-0.2, 0) is 7.05 Å². The fraction of sp³-hybridized carbons (Fsp3) is 0.667. The van der Waals surface area contributed by atoms with Gasteiger partial charge in [0.15, 0.2) is 5.78 Å². The smallest absolute Gasteiger partial charge is 0.181 e. The summed E-state index contributed by atoms with van der Waals surface area (Å²) in [4.78, 5) is 12.0. The highest BCUT2D eigenvalue weighted by Crippen LogP contribution is 2.26. The molecular weight excluding hydrogens is 202 g/mol. The number of nitrogens with zero attached hydrogens (tertiary/aromatic N) is 2. The van der Waals surface area contributed by atoms with Crippen molar-refractivity contribution in [1.82, 2.24) is 9.78 Å². The summed E-state index contributed by atoms with van der Waals surface area (Å²) in [6.45, 7) is 0. The van der Waals surface area contributed by atoms with Gasteiger partial charge in [0.1, 0.15) is 5.69 Å². The summed E-state index contributed by atoms with van der Waals surface area (Å²) < 4.78 is 1.65. The van der Waals surface area contributed by atoms with Crippen molar-refractivity contribution < 1.29 is 4.79 Å². The number of hydrogen-bond acceptors (Lipinski definition) is 3. The van der Waals surface area contributed by atoms with Crippen LogP contribution < -0.4 is 5.73 Å². The molecule has 0 amide bonds. The van der Waals surface area contributed by atoms with Crippen LogP contribution in [0, 0.1) is 5.92 Å². The number of nitrogens with two attached hydrogens (primary N) is 1. The standard InChI is InChI=1S/C12H19N3O/c1-15-11(6-7-14-15)12(16)8-9-2-4-10(13)5-3-9/h6-7,9-10H,2-5,8,13H2,1H3. The van der Waals surface area contributed by atoms with Crippen LogP contribution in [0.2, 0.25) is 0 Å². The second-order valence-electron chi connectivity index (χ2n) is 4.75. The van der Waals surface area contributed by atoms with Crippen molar-refractivity contribution in [3.63, 3.8) is 0 Å². The fourth-order valence-electron chi connectivity index (χ4n) is 2.41. The molecule has 0 aromatic carbocycles. The molecule has 0 bridgehead atoms. The van der Waals surface area contributed by atoms with Crippen molar-refractivity contribution in [2.75, 3.05) is 0 Å². The van der Waals surface area contributed by atoms with Gasteiger partial charge in [-0.1, -0.05) is 0 Å². The Bertz CT molecular complexity index is 364. The maximum absolute atomic E-state index is 12.0. The second kappa shape index (κ2) is 4.78. The van der Waals surface area contributed by atoms with Gasteiger partial charge in [-0.2, -0.15) is 5.10 Å².